The summed E-state index contributed by atoms with van der Waals surface area (Å²) in [6.45, 7) is 5.10. The Morgan fingerprint density at radius 1 is 1.07 bits per heavy atom. The molecule has 1 aliphatic heterocycles. The van der Waals surface area contributed by atoms with Gasteiger partial charge in [0.05, 0.1) is 12.2 Å². The van der Waals surface area contributed by atoms with E-state index in [1.807, 2.05) is 0 Å². The Hall–Kier alpha value is -2.80. The lowest BCUT2D eigenvalue weighted by molar-refractivity contribution is -0.117. The smallest absolute Gasteiger partial charge is 0.238 e. The summed E-state index contributed by atoms with van der Waals surface area (Å²) >= 11 is 0. The third-order valence-electron chi connectivity index (χ3n) is 5.28. The molecule has 2 heterocycles. The van der Waals surface area contributed by atoms with Crippen LogP contribution in [0.25, 0.3) is 0 Å². The van der Waals surface area contributed by atoms with Crippen molar-refractivity contribution in [3.63, 3.8) is 0 Å². The molecule has 0 radical (unpaired) electrons. The van der Waals surface area contributed by atoms with E-state index in [9.17, 15) is 9.59 Å². The lowest BCUT2D eigenvalue weighted by Gasteiger charge is -2.34. The third kappa shape index (κ3) is 4.54. The van der Waals surface area contributed by atoms with Gasteiger partial charge in [-0.25, -0.2) is 0 Å². The van der Waals surface area contributed by atoms with Crippen LogP contribution in [0.5, 0.6) is 0 Å². The molecule has 2 fully saturated rings. The number of ketones is 1. The van der Waals surface area contributed by atoms with Gasteiger partial charge in [-0.2, -0.15) is 5.10 Å². The molecule has 0 spiro atoms. The van der Waals surface area contributed by atoms with E-state index in [2.05, 4.69) is 37.4 Å². The minimum atomic E-state index is -0.0669. The predicted octanol–water partition coefficient (Wildman–Crippen LogP) is 2.32. The molecule has 28 heavy (non-hydrogen) atoms. The van der Waals surface area contributed by atoms with Crippen molar-refractivity contribution in [1.29, 1.82) is 0 Å². The average Bonchev–Trinajstić information content (AvgIpc) is 3.54. The molecule has 4 rings (SSSR count). The number of nitrogens with one attached hydrogen (secondary N) is 1. The maximum atomic E-state index is 12.3. The first-order valence-electron chi connectivity index (χ1n) is 9.80. The summed E-state index contributed by atoms with van der Waals surface area (Å²) in [4.78, 5) is 28.2. The van der Waals surface area contributed by atoms with Crippen LogP contribution >= 0.6 is 0 Å². The molecular formula is C21H25N5O2. The van der Waals surface area contributed by atoms with Crippen molar-refractivity contribution in [3.8, 4) is 0 Å². The molecule has 1 saturated heterocycles. The van der Waals surface area contributed by atoms with Crippen molar-refractivity contribution in [2.24, 2.45) is 0 Å². The molecule has 1 amide bonds. The quantitative estimate of drug-likeness (QED) is 0.776. The maximum absolute atomic E-state index is 12.3. The summed E-state index contributed by atoms with van der Waals surface area (Å²) in [5.74, 6) is 1.45. The molecule has 1 aliphatic carbocycles. The standard InChI is InChI=1S/C21H25N5O2/c1-15(27)17-3-2-4-18(13-17)22-21(28)14-25-9-11-26(12-10-25)20-8-7-19(23-24-20)16-5-6-16/h2-4,7-8,13,16H,5-6,9-12,14H2,1H3,(H,22,28). The van der Waals surface area contributed by atoms with Gasteiger partial charge in [0.1, 0.15) is 0 Å². The van der Waals surface area contributed by atoms with Crippen LogP contribution in [0, 0.1) is 0 Å². The van der Waals surface area contributed by atoms with E-state index in [4.69, 9.17) is 0 Å². The van der Waals surface area contributed by atoms with Gasteiger partial charge in [-0.1, -0.05) is 12.1 Å². The van der Waals surface area contributed by atoms with Gasteiger partial charge in [0.2, 0.25) is 5.91 Å². The van der Waals surface area contributed by atoms with Crippen LogP contribution in [-0.2, 0) is 4.79 Å². The van der Waals surface area contributed by atoms with E-state index in [0.717, 1.165) is 37.7 Å². The van der Waals surface area contributed by atoms with Crippen molar-refractivity contribution in [2.75, 3.05) is 42.9 Å². The molecule has 0 unspecified atom stereocenters. The zero-order valence-electron chi connectivity index (χ0n) is 16.1. The highest BCUT2D eigenvalue weighted by molar-refractivity contribution is 5.97. The summed E-state index contributed by atoms with van der Waals surface area (Å²) < 4.78 is 0. The summed E-state index contributed by atoms with van der Waals surface area (Å²) in [5, 5.41) is 11.6. The monoisotopic (exact) mass is 379 g/mol. The molecule has 0 atom stereocenters. The first kappa shape index (κ1) is 18.6. The van der Waals surface area contributed by atoms with Gasteiger partial charge in [0.15, 0.2) is 11.6 Å². The lowest BCUT2D eigenvalue weighted by atomic mass is 10.1. The van der Waals surface area contributed by atoms with E-state index < -0.39 is 0 Å². The Balaban J connectivity index is 1.26. The number of carbonyl (C=O) groups is 2. The van der Waals surface area contributed by atoms with Crippen molar-refractivity contribution < 1.29 is 9.59 Å². The van der Waals surface area contributed by atoms with Crippen molar-refractivity contribution in [3.05, 3.63) is 47.7 Å². The van der Waals surface area contributed by atoms with Gasteiger partial charge in [0.25, 0.3) is 0 Å². The van der Waals surface area contributed by atoms with E-state index in [1.54, 1.807) is 24.3 Å². The second-order valence-electron chi connectivity index (χ2n) is 7.54. The molecular weight excluding hydrogens is 354 g/mol. The number of hydrogen-bond donors (Lipinski definition) is 1. The number of amides is 1. The number of hydrogen-bond acceptors (Lipinski definition) is 6. The summed E-state index contributed by atoms with van der Waals surface area (Å²) in [6.07, 6.45) is 2.46. The fraction of sp³-hybridized carbons (Fsp3) is 0.429. The van der Waals surface area contributed by atoms with Crippen LogP contribution in [0.3, 0.4) is 0 Å². The third-order valence-corrected chi connectivity index (χ3v) is 5.28. The second kappa shape index (κ2) is 8.06. The van der Waals surface area contributed by atoms with Gasteiger partial charge in [-0.05, 0) is 44.0 Å². The van der Waals surface area contributed by atoms with Crippen molar-refractivity contribution in [1.82, 2.24) is 15.1 Å². The number of aromatic nitrogens is 2. The SMILES string of the molecule is CC(=O)c1cccc(NC(=O)CN2CCN(c3ccc(C4CC4)nn3)CC2)c1. The molecule has 1 aromatic heterocycles. The Bertz CT molecular complexity index is 855. The van der Waals surface area contributed by atoms with Crippen molar-refractivity contribution in [2.45, 2.75) is 25.7 Å². The Morgan fingerprint density at radius 2 is 1.86 bits per heavy atom. The van der Waals surface area contributed by atoms with Crippen molar-refractivity contribution >= 4 is 23.2 Å². The van der Waals surface area contributed by atoms with Gasteiger partial charge in [0, 0.05) is 43.3 Å². The van der Waals surface area contributed by atoms with Gasteiger partial charge < -0.3 is 10.2 Å². The Kier molecular flexibility index (Phi) is 5.34. The van der Waals surface area contributed by atoms with Crippen LogP contribution in [0.4, 0.5) is 11.5 Å². The van der Waals surface area contributed by atoms with Gasteiger partial charge in [-0.15, -0.1) is 5.10 Å². The van der Waals surface area contributed by atoms with Crippen LogP contribution in [0.15, 0.2) is 36.4 Å². The molecule has 1 aromatic carbocycles. The molecule has 1 N–H and O–H groups in total. The number of anilines is 2. The zero-order valence-corrected chi connectivity index (χ0v) is 16.1. The Labute approximate surface area is 164 Å². The highest BCUT2D eigenvalue weighted by Crippen LogP contribution is 2.38. The van der Waals surface area contributed by atoms with E-state index in [0.29, 0.717) is 23.7 Å². The van der Waals surface area contributed by atoms with Crippen LogP contribution in [0.2, 0.25) is 0 Å². The zero-order chi connectivity index (χ0) is 19.5. The maximum Gasteiger partial charge on any atom is 0.238 e. The minimum absolute atomic E-state index is 0.0134. The van der Waals surface area contributed by atoms with Crippen LogP contribution in [-0.4, -0.2) is 59.5 Å². The minimum Gasteiger partial charge on any atom is -0.353 e. The summed E-state index contributed by atoms with van der Waals surface area (Å²) in [5.41, 5.74) is 2.36. The largest absolute Gasteiger partial charge is 0.353 e. The topological polar surface area (TPSA) is 78.4 Å². The van der Waals surface area contributed by atoms with Crippen LogP contribution < -0.4 is 10.2 Å². The molecule has 0 bridgehead atoms. The second-order valence-corrected chi connectivity index (χ2v) is 7.54. The molecule has 146 valence electrons. The average molecular weight is 379 g/mol. The number of benzene rings is 1. The number of carbonyl (C=O) groups excluding carboxylic acids is 2. The lowest BCUT2D eigenvalue weighted by Crippen LogP contribution is -2.49. The number of rotatable bonds is 6. The fourth-order valence-electron chi connectivity index (χ4n) is 3.46. The molecule has 7 nitrogen and oxygen atoms in total. The predicted molar refractivity (Wildman–Crippen MR) is 108 cm³/mol. The summed E-state index contributed by atoms with van der Waals surface area (Å²) in [7, 11) is 0. The molecule has 1 saturated carbocycles. The number of piperazine rings is 1. The molecule has 2 aromatic rings. The van der Waals surface area contributed by atoms with E-state index >= 15 is 0 Å². The molecule has 2 aliphatic rings. The van der Waals surface area contributed by atoms with E-state index in [-0.39, 0.29) is 11.7 Å². The van der Waals surface area contributed by atoms with Gasteiger partial charge in [-0.3, -0.25) is 14.5 Å². The first-order chi connectivity index (χ1) is 13.6. The molecule has 7 heteroatoms. The number of Topliss-reactive ketones (excluding diaryl/α,β-unsaturated/α-hetero) is 1. The normalized spacial score (nSPS) is 17.4. The van der Waals surface area contributed by atoms with Gasteiger partial charge >= 0.3 is 0 Å². The highest BCUT2D eigenvalue weighted by atomic mass is 16.2. The first-order valence-corrected chi connectivity index (χ1v) is 9.80. The fourth-order valence-corrected chi connectivity index (χ4v) is 3.46. The number of nitrogens with zero attached hydrogens (tertiary/aromatic N) is 4. The summed E-state index contributed by atoms with van der Waals surface area (Å²) in [6, 6.07) is 11.2. The highest BCUT2D eigenvalue weighted by Gasteiger charge is 2.26. The Morgan fingerprint density at radius 3 is 2.50 bits per heavy atom. The van der Waals surface area contributed by atoms with Crippen LogP contribution in [0.1, 0.15) is 41.7 Å². The van der Waals surface area contributed by atoms with E-state index in [1.165, 1.54) is 19.8 Å².